The van der Waals surface area contributed by atoms with Crippen molar-refractivity contribution in [2.45, 2.75) is 26.8 Å². The Balaban J connectivity index is 0.00000420. The minimum Gasteiger partial charge on any atom is -0.338 e. The highest BCUT2D eigenvalue weighted by molar-refractivity contribution is 14.1. The zero-order chi connectivity index (χ0) is 27.7. The number of fused-ring (bicyclic) bond motifs is 1. The third-order valence-corrected chi connectivity index (χ3v) is 6.76. The van der Waals surface area contributed by atoms with Crippen LogP contribution in [0, 0.1) is 16.3 Å². The molecule has 0 bridgehead atoms. The lowest BCUT2D eigenvalue weighted by atomic mass is 10.1. The van der Waals surface area contributed by atoms with Crippen molar-refractivity contribution in [1.29, 1.82) is 0 Å². The molecule has 0 unspecified atom stereocenters. The Hall–Kier alpha value is -3.49. The van der Waals surface area contributed by atoms with Crippen LogP contribution >= 0.6 is 35.0 Å². The molecule has 0 spiro atoms. The van der Waals surface area contributed by atoms with Crippen LogP contribution in [0.15, 0.2) is 56.8 Å². The van der Waals surface area contributed by atoms with E-state index in [9.17, 15) is 23.6 Å². The summed E-state index contributed by atoms with van der Waals surface area (Å²) in [4.78, 5) is 52.6. The van der Waals surface area contributed by atoms with Crippen molar-refractivity contribution >= 4 is 69.0 Å². The number of amides is 1. The Morgan fingerprint density at radius 1 is 1.10 bits per heavy atom. The van der Waals surface area contributed by atoms with E-state index in [4.69, 9.17) is 5.73 Å². The maximum Gasteiger partial charge on any atom is 0.336 e. The number of carbonyl (C=O) groups is 1. The summed E-state index contributed by atoms with van der Waals surface area (Å²) in [7, 11) is 1.47. The van der Waals surface area contributed by atoms with Crippen LogP contribution in [0.3, 0.4) is 0 Å². The molecule has 0 aliphatic carbocycles. The van der Waals surface area contributed by atoms with Crippen LogP contribution in [0.5, 0.6) is 0 Å². The van der Waals surface area contributed by atoms with Crippen LogP contribution in [-0.4, -0.2) is 26.2 Å². The molecule has 2 heterocycles. The molecule has 10 nitrogen and oxygen atoms in total. The molecule has 0 saturated carbocycles. The number of rotatable bonds is 7. The predicted molar refractivity (Wildman–Crippen MR) is 161 cm³/mol. The van der Waals surface area contributed by atoms with Crippen molar-refractivity contribution < 1.29 is 9.18 Å². The summed E-state index contributed by atoms with van der Waals surface area (Å²) in [6, 6.07) is 11.0. The average Bonchev–Trinajstić information content (AvgIpc) is 2.86. The normalized spacial score (nSPS) is 10.8. The van der Waals surface area contributed by atoms with E-state index in [2.05, 4.69) is 10.6 Å². The summed E-state index contributed by atoms with van der Waals surface area (Å²) in [5.41, 5.74) is 4.94. The SMILES string of the molecule is CC(=O)Nc1cccc(-n2c(=O)n(CCCN)c(=O)c3c(Nc4ccc(I)cc4F)n(C)c(=O)c(C)c32)c1.Cl. The van der Waals surface area contributed by atoms with E-state index < -0.39 is 22.6 Å². The van der Waals surface area contributed by atoms with E-state index >= 15 is 0 Å². The Labute approximate surface area is 242 Å². The van der Waals surface area contributed by atoms with Gasteiger partial charge in [-0.2, -0.15) is 0 Å². The van der Waals surface area contributed by atoms with Crippen LogP contribution in [-0.2, 0) is 18.4 Å². The van der Waals surface area contributed by atoms with Gasteiger partial charge in [-0.25, -0.2) is 9.18 Å². The Bertz CT molecular complexity index is 1770. The van der Waals surface area contributed by atoms with E-state index in [-0.39, 0.29) is 59.4 Å². The van der Waals surface area contributed by atoms with Gasteiger partial charge in [0.2, 0.25) is 5.91 Å². The van der Waals surface area contributed by atoms with Gasteiger partial charge in [0.1, 0.15) is 17.0 Å². The van der Waals surface area contributed by atoms with Gasteiger partial charge in [-0.05, 0) is 78.9 Å². The summed E-state index contributed by atoms with van der Waals surface area (Å²) in [5.74, 6) is -0.838. The van der Waals surface area contributed by atoms with Gasteiger partial charge >= 0.3 is 5.69 Å². The Kier molecular flexibility index (Phi) is 9.35. The molecule has 0 saturated heterocycles. The molecule has 0 aliphatic rings. The second-order valence-corrected chi connectivity index (χ2v) is 10.0. The molecule has 0 atom stereocenters. The predicted octanol–water partition coefficient (Wildman–Crippen LogP) is 3.38. The van der Waals surface area contributed by atoms with E-state index in [0.29, 0.717) is 21.4 Å². The Morgan fingerprint density at radius 2 is 1.82 bits per heavy atom. The fourth-order valence-electron chi connectivity index (χ4n) is 4.32. The minimum atomic E-state index is -0.668. The van der Waals surface area contributed by atoms with E-state index in [1.54, 1.807) is 30.3 Å². The number of aryl methyl sites for hydroxylation is 1. The fraction of sp³-hybridized carbons (Fsp3) is 0.231. The number of benzene rings is 2. The quantitative estimate of drug-likeness (QED) is 0.259. The third kappa shape index (κ3) is 5.77. The molecule has 4 N–H and O–H groups in total. The molecule has 1 amide bonds. The first-order valence-electron chi connectivity index (χ1n) is 11.7. The largest absolute Gasteiger partial charge is 0.338 e. The summed E-state index contributed by atoms with van der Waals surface area (Å²) in [6.07, 6.45) is 0.353. The molecule has 39 heavy (non-hydrogen) atoms. The molecule has 2 aromatic heterocycles. The van der Waals surface area contributed by atoms with Gasteiger partial charge in [-0.15, -0.1) is 12.4 Å². The van der Waals surface area contributed by atoms with Crippen LogP contribution in [0.25, 0.3) is 16.6 Å². The van der Waals surface area contributed by atoms with Gasteiger partial charge < -0.3 is 16.4 Å². The molecular formula is C26H27ClFIN6O4. The molecule has 4 rings (SSSR count). The van der Waals surface area contributed by atoms with Crippen LogP contribution in [0.1, 0.15) is 18.9 Å². The summed E-state index contributed by atoms with van der Waals surface area (Å²) >= 11 is 1.98. The standard InChI is InChI=1S/C26H26FIN6O4.ClH/c1-14-22-21(23(32(3)24(14)36)31-20-9-8-16(28)12-19(20)27)25(37)33(11-5-10-29)26(38)34(22)18-7-4-6-17(13-18)30-15(2)35;/h4,6-9,12-13,31H,5,10-11,29H2,1-3H3,(H,30,35);1H. The number of carbonyl (C=O) groups excluding carboxylic acids is 1. The second-order valence-electron chi connectivity index (χ2n) is 8.76. The lowest BCUT2D eigenvalue weighted by Crippen LogP contribution is -2.42. The van der Waals surface area contributed by atoms with Gasteiger partial charge in [0.05, 0.1) is 16.9 Å². The van der Waals surface area contributed by atoms with Gasteiger partial charge in [0.25, 0.3) is 11.1 Å². The van der Waals surface area contributed by atoms with Crippen LogP contribution in [0.2, 0.25) is 0 Å². The Morgan fingerprint density at radius 3 is 2.46 bits per heavy atom. The zero-order valence-corrected chi connectivity index (χ0v) is 24.4. The molecule has 4 aromatic rings. The summed E-state index contributed by atoms with van der Waals surface area (Å²) < 4.78 is 19.0. The average molecular weight is 669 g/mol. The molecule has 13 heteroatoms. The highest BCUT2D eigenvalue weighted by atomic mass is 127. The van der Waals surface area contributed by atoms with Crippen molar-refractivity contribution in [3.8, 4) is 5.69 Å². The first kappa shape index (κ1) is 30.1. The van der Waals surface area contributed by atoms with Crippen molar-refractivity contribution in [1.82, 2.24) is 13.7 Å². The molecule has 206 valence electrons. The van der Waals surface area contributed by atoms with Crippen molar-refractivity contribution in [3.63, 3.8) is 0 Å². The maximum atomic E-state index is 14.8. The maximum absolute atomic E-state index is 14.8. The van der Waals surface area contributed by atoms with Gasteiger partial charge in [-0.3, -0.25) is 28.1 Å². The number of nitrogens with one attached hydrogen (secondary N) is 2. The lowest BCUT2D eigenvalue weighted by Gasteiger charge is -2.21. The van der Waals surface area contributed by atoms with Crippen molar-refractivity contribution in [2.24, 2.45) is 12.8 Å². The van der Waals surface area contributed by atoms with Crippen molar-refractivity contribution in [2.75, 3.05) is 17.2 Å². The second kappa shape index (κ2) is 12.1. The monoisotopic (exact) mass is 668 g/mol. The van der Waals surface area contributed by atoms with E-state index in [0.717, 1.165) is 4.57 Å². The summed E-state index contributed by atoms with van der Waals surface area (Å²) in [6.45, 7) is 3.16. The number of hydrogen-bond acceptors (Lipinski definition) is 6. The summed E-state index contributed by atoms with van der Waals surface area (Å²) in [5, 5.41) is 5.62. The van der Waals surface area contributed by atoms with Gasteiger partial charge in [0.15, 0.2) is 0 Å². The minimum absolute atomic E-state index is 0. The lowest BCUT2D eigenvalue weighted by molar-refractivity contribution is -0.114. The highest BCUT2D eigenvalue weighted by Crippen LogP contribution is 2.28. The topological polar surface area (TPSA) is 133 Å². The molecule has 0 radical (unpaired) electrons. The van der Waals surface area contributed by atoms with Crippen LogP contribution in [0.4, 0.5) is 21.6 Å². The molecule has 2 aromatic carbocycles. The smallest absolute Gasteiger partial charge is 0.336 e. The number of aromatic nitrogens is 3. The number of nitrogens with zero attached hydrogens (tertiary/aromatic N) is 3. The van der Waals surface area contributed by atoms with Gasteiger partial charge in [0, 0.05) is 35.3 Å². The van der Waals surface area contributed by atoms with Crippen molar-refractivity contribution in [3.05, 3.63) is 88.6 Å². The fourth-order valence-corrected chi connectivity index (χ4v) is 4.77. The number of anilines is 3. The first-order valence-corrected chi connectivity index (χ1v) is 12.8. The number of hydrogen-bond donors (Lipinski definition) is 3. The molecule has 0 aliphatic heterocycles. The first-order chi connectivity index (χ1) is 18.0. The van der Waals surface area contributed by atoms with E-state index in [1.165, 1.54) is 42.2 Å². The molecular weight excluding hydrogens is 642 g/mol. The highest BCUT2D eigenvalue weighted by Gasteiger charge is 2.24. The number of pyridine rings is 1. The third-order valence-electron chi connectivity index (χ3n) is 6.09. The van der Waals surface area contributed by atoms with Gasteiger partial charge in [-0.1, -0.05) is 6.07 Å². The molecule has 0 fully saturated rings. The zero-order valence-electron chi connectivity index (χ0n) is 21.4. The van der Waals surface area contributed by atoms with E-state index in [1.807, 2.05) is 22.6 Å². The number of halogens is 3. The van der Waals surface area contributed by atoms with Crippen LogP contribution < -0.4 is 33.2 Å². The number of nitrogens with two attached hydrogens (primary N) is 1.